The van der Waals surface area contributed by atoms with E-state index in [4.69, 9.17) is 10.1 Å². The van der Waals surface area contributed by atoms with Crippen molar-refractivity contribution in [2.75, 3.05) is 32.1 Å². The maximum Gasteiger partial charge on any atom is 0.160 e. The van der Waals surface area contributed by atoms with E-state index in [0.29, 0.717) is 0 Å². The second kappa shape index (κ2) is 13.5. The Labute approximate surface area is 192 Å². The minimum absolute atomic E-state index is 0.875. The maximum atomic E-state index is 7.00. The zero-order valence-corrected chi connectivity index (χ0v) is 19.9. The minimum Gasteiger partial charge on any atom is -0.400 e. The minimum atomic E-state index is 0.875. The molecular weight excluding hydrogens is 398 g/mol. The third-order valence-corrected chi connectivity index (χ3v) is 5.28. The summed E-state index contributed by atoms with van der Waals surface area (Å²) in [6.45, 7) is 12.9. The molecule has 0 spiro atoms. The molecule has 0 unspecified atom stereocenters. The van der Waals surface area contributed by atoms with Crippen molar-refractivity contribution in [2.45, 2.75) is 40.0 Å². The van der Waals surface area contributed by atoms with Gasteiger partial charge in [0.05, 0.1) is 11.9 Å². The molecule has 6 nitrogen and oxygen atoms in total. The van der Waals surface area contributed by atoms with E-state index in [2.05, 4.69) is 73.5 Å². The first-order valence-corrected chi connectivity index (χ1v) is 11.2. The largest absolute Gasteiger partial charge is 0.400 e. The number of aromatic nitrogens is 3. The fraction of sp³-hybridized carbons (Fsp3) is 0.385. The molecule has 1 aliphatic rings. The molecule has 1 aliphatic carbocycles. The number of hydrogen-bond acceptors (Lipinski definition) is 5. The van der Waals surface area contributed by atoms with Crippen molar-refractivity contribution >= 4 is 17.0 Å². The van der Waals surface area contributed by atoms with Crippen molar-refractivity contribution < 1.29 is 5.11 Å². The summed E-state index contributed by atoms with van der Waals surface area (Å²) in [5, 5.41) is 18.6. The number of aliphatic hydroxyl groups excluding tert-OH is 1. The number of aryl methyl sites for hydroxylation is 1. The van der Waals surface area contributed by atoms with Crippen LogP contribution >= 0.6 is 0 Å². The lowest BCUT2D eigenvalue weighted by molar-refractivity contribution is 0.399. The molecule has 0 saturated heterocycles. The zero-order chi connectivity index (χ0) is 23.3. The van der Waals surface area contributed by atoms with E-state index in [-0.39, 0.29) is 0 Å². The van der Waals surface area contributed by atoms with Crippen LogP contribution in [0.5, 0.6) is 0 Å². The van der Waals surface area contributed by atoms with Crippen LogP contribution in [0.1, 0.15) is 44.4 Å². The van der Waals surface area contributed by atoms with Gasteiger partial charge in [0.15, 0.2) is 5.65 Å². The molecule has 3 rings (SSSR count). The van der Waals surface area contributed by atoms with Crippen LogP contribution in [0.15, 0.2) is 66.4 Å². The van der Waals surface area contributed by atoms with Crippen molar-refractivity contribution in [3.63, 3.8) is 0 Å². The predicted molar refractivity (Wildman–Crippen MR) is 136 cm³/mol. The van der Waals surface area contributed by atoms with Gasteiger partial charge in [-0.1, -0.05) is 50.0 Å². The normalized spacial score (nSPS) is 13.7. The van der Waals surface area contributed by atoms with Gasteiger partial charge in [-0.3, -0.25) is 0 Å². The van der Waals surface area contributed by atoms with Gasteiger partial charge in [-0.2, -0.15) is 9.61 Å². The number of fused-ring (bicyclic) bond motifs is 1. The van der Waals surface area contributed by atoms with E-state index < -0.39 is 0 Å². The van der Waals surface area contributed by atoms with Gasteiger partial charge in [0.1, 0.15) is 5.82 Å². The molecule has 2 aromatic heterocycles. The molecule has 0 aromatic carbocycles. The van der Waals surface area contributed by atoms with Crippen LogP contribution in [-0.2, 0) is 0 Å². The highest BCUT2D eigenvalue weighted by atomic mass is 16.2. The highest BCUT2D eigenvalue weighted by Crippen LogP contribution is 2.25. The second-order valence-electron chi connectivity index (χ2n) is 7.57. The van der Waals surface area contributed by atoms with E-state index in [1.807, 2.05) is 16.8 Å². The van der Waals surface area contributed by atoms with Crippen molar-refractivity contribution in [2.24, 2.45) is 0 Å². The molecule has 0 radical (unpaired) electrons. The van der Waals surface area contributed by atoms with Gasteiger partial charge >= 0.3 is 0 Å². The molecule has 32 heavy (non-hydrogen) atoms. The molecule has 0 bridgehead atoms. The number of hydrogen-bond donors (Lipinski definition) is 3. The molecule has 0 amide bonds. The summed E-state index contributed by atoms with van der Waals surface area (Å²) >= 11 is 0. The smallest absolute Gasteiger partial charge is 0.160 e. The second-order valence-corrected chi connectivity index (χ2v) is 7.57. The van der Waals surface area contributed by atoms with Gasteiger partial charge in [0, 0.05) is 31.8 Å². The van der Waals surface area contributed by atoms with Crippen LogP contribution in [0.25, 0.3) is 11.2 Å². The number of anilines is 1. The average Bonchev–Trinajstić information content (AvgIpc) is 3.47. The summed E-state index contributed by atoms with van der Waals surface area (Å²) in [7, 11) is 1.00. The van der Waals surface area contributed by atoms with Gasteiger partial charge in [0.2, 0.25) is 0 Å². The van der Waals surface area contributed by atoms with Crippen molar-refractivity contribution in [3.05, 3.63) is 77.7 Å². The highest BCUT2D eigenvalue weighted by Gasteiger charge is 2.12. The Balaban J connectivity index is 0.00000176. The SMILES string of the molecule is C=C/C=C\C(C)=C(/CC)c1cc(NCCCNCC2=CCC=C2)n2ncc(C)c2n1.CO. The van der Waals surface area contributed by atoms with Crippen LogP contribution < -0.4 is 10.6 Å². The summed E-state index contributed by atoms with van der Waals surface area (Å²) in [6.07, 6.45) is 17.4. The monoisotopic (exact) mass is 435 g/mol. The molecule has 3 N–H and O–H groups in total. The molecule has 0 atom stereocenters. The average molecular weight is 436 g/mol. The van der Waals surface area contributed by atoms with Gasteiger partial charge in [-0.15, -0.1) is 0 Å². The molecular formula is C26H37N5O. The lowest BCUT2D eigenvalue weighted by Gasteiger charge is -2.13. The number of rotatable bonds is 11. The van der Waals surface area contributed by atoms with E-state index in [0.717, 1.165) is 68.7 Å². The summed E-state index contributed by atoms with van der Waals surface area (Å²) in [6, 6.07) is 2.12. The Bertz CT molecular complexity index is 1010. The summed E-state index contributed by atoms with van der Waals surface area (Å²) in [5.41, 5.74) is 6.81. The fourth-order valence-electron chi connectivity index (χ4n) is 3.63. The highest BCUT2D eigenvalue weighted by molar-refractivity contribution is 5.72. The van der Waals surface area contributed by atoms with Crippen molar-refractivity contribution in [1.29, 1.82) is 0 Å². The summed E-state index contributed by atoms with van der Waals surface area (Å²) in [4.78, 5) is 4.92. The van der Waals surface area contributed by atoms with Gasteiger partial charge < -0.3 is 15.7 Å². The number of nitrogens with one attached hydrogen (secondary N) is 2. The first-order chi connectivity index (χ1) is 15.6. The Hall–Kier alpha value is -2.96. The third-order valence-electron chi connectivity index (χ3n) is 5.28. The molecule has 0 saturated carbocycles. The molecule has 0 fully saturated rings. The molecule has 6 heteroatoms. The van der Waals surface area contributed by atoms with E-state index >= 15 is 0 Å². The summed E-state index contributed by atoms with van der Waals surface area (Å²) in [5.74, 6) is 0.982. The van der Waals surface area contributed by atoms with Gasteiger partial charge in [-0.25, -0.2) is 4.98 Å². The third kappa shape index (κ3) is 6.77. The van der Waals surface area contributed by atoms with E-state index in [1.54, 1.807) is 6.08 Å². The molecule has 2 aromatic rings. The van der Waals surface area contributed by atoms with Crippen LogP contribution in [0, 0.1) is 6.92 Å². The van der Waals surface area contributed by atoms with Crippen LogP contribution in [0.3, 0.4) is 0 Å². The Morgan fingerprint density at radius 3 is 2.81 bits per heavy atom. The zero-order valence-electron chi connectivity index (χ0n) is 19.9. The van der Waals surface area contributed by atoms with E-state index in [9.17, 15) is 0 Å². The summed E-state index contributed by atoms with van der Waals surface area (Å²) < 4.78 is 1.91. The number of allylic oxidation sites excluding steroid dienone is 7. The quantitative estimate of drug-likeness (QED) is 0.348. The van der Waals surface area contributed by atoms with Gasteiger partial charge in [0.25, 0.3) is 0 Å². The molecule has 2 heterocycles. The predicted octanol–water partition coefficient (Wildman–Crippen LogP) is 4.85. The molecule has 0 aliphatic heterocycles. The topological polar surface area (TPSA) is 74.5 Å². The first kappa shape index (κ1) is 25.3. The Morgan fingerprint density at radius 1 is 1.31 bits per heavy atom. The fourth-order valence-corrected chi connectivity index (χ4v) is 3.63. The van der Waals surface area contributed by atoms with Crippen molar-refractivity contribution in [1.82, 2.24) is 19.9 Å². The van der Waals surface area contributed by atoms with E-state index in [1.165, 1.54) is 16.7 Å². The Kier molecular flexibility index (Phi) is 10.6. The standard InChI is InChI=1S/C25H33N5.CH4O/c1-5-7-11-19(3)22(6-2)23-16-24(30-25(29-23)20(4)17-28-30)27-15-10-14-26-18-21-12-8-9-13-21;1-2/h5,7-8,11-13,16-17,26-27H,1,6,9-10,14-15,18H2,2-4H3;2H,1H3/b11-7-,22-19+;. The first-order valence-electron chi connectivity index (χ1n) is 11.2. The molecule has 172 valence electrons. The van der Waals surface area contributed by atoms with Gasteiger partial charge in [-0.05, 0) is 56.4 Å². The van der Waals surface area contributed by atoms with Crippen LogP contribution in [0.2, 0.25) is 0 Å². The number of nitrogens with zero attached hydrogens (tertiary/aromatic N) is 3. The van der Waals surface area contributed by atoms with Crippen LogP contribution in [-0.4, -0.2) is 46.4 Å². The lowest BCUT2D eigenvalue weighted by Crippen LogP contribution is -2.20. The van der Waals surface area contributed by atoms with Crippen LogP contribution in [0.4, 0.5) is 5.82 Å². The lowest BCUT2D eigenvalue weighted by atomic mass is 10.0. The Morgan fingerprint density at radius 2 is 2.12 bits per heavy atom. The van der Waals surface area contributed by atoms with Crippen molar-refractivity contribution in [3.8, 4) is 0 Å². The number of aliphatic hydroxyl groups is 1. The maximum absolute atomic E-state index is 7.00.